The lowest BCUT2D eigenvalue weighted by atomic mass is 10.1. The molecule has 178 valence electrons. The molecular weight excluding hydrogens is 436 g/mol. The van der Waals surface area contributed by atoms with Crippen molar-refractivity contribution in [2.45, 2.75) is 31.7 Å². The van der Waals surface area contributed by atoms with E-state index in [4.69, 9.17) is 9.97 Å². The minimum Gasteiger partial charge on any atom is -0.366 e. The summed E-state index contributed by atoms with van der Waals surface area (Å²) in [5.74, 6) is 0.787. The number of hydrogen-bond acceptors (Lipinski definition) is 5. The molecule has 1 amide bonds. The van der Waals surface area contributed by atoms with Crippen molar-refractivity contribution in [3.63, 3.8) is 0 Å². The van der Waals surface area contributed by atoms with E-state index in [0.717, 1.165) is 59.9 Å². The number of amides is 1. The third kappa shape index (κ3) is 4.77. The van der Waals surface area contributed by atoms with E-state index in [1.54, 1.807) is 0 Å². The van der Waals surface area contributed by atoms with Gasteiger partial charge in [-0.3, -0.25) is 9.20 Å². The molecule has 0 unspecified atom stereocenters. The second-order valence-corrected chi connectivity index (χ2v) is 9.48. The van der Waals surface area contributed by atoms with Crippen LogP contribution in [0.25, 0.3) is 28.2 Å². The van der Waals surface area contributed by atoms with Gasteiger partial charge in [0.05, 0.1) is 17.6 Å². The molecule has 4 aromatic rings. The first-order valence-electron chi connectivity index (χ1n) is 12.6. The van der Waals surface area contributed by atoms with Gasteiger partial charge in [-0.2, -0.15) is 0 Å². The first-order chi connectivity index (χ1) is 17.2. The highest BCUT2D eigenvalue weighted by atomic mass is 16.1. The zero-order valence-electron chi connectivity index (χ0n) is 19.8. The topological polar surface area (TPSA) is 74.6 Å². The number of rotatable bonds is 8. The molecule has 2 fully saturated rings. The summed E-state index contributed by atoms with van der Waals surface area (Å²) in [5.41, 5.74) is 5.41. The largest absolute Gasteiger partial charge is 0.366 e. The summed E-state index contributed by atoms with van der Waals surface area (Å²) in [6.07, 6.45) is 8.67. The maximum absolute atomic E-state index is 12.4. The van der Waals surface area contributed by atoms with Crippen molar-refractivity contribution in [3.05, 3.63) is 72.6 Å². The van der Waals surface area contributed by atoms with Crippen LogP contribution < -0.4 is 10.6 Å². The van der Waals surface area contributed by atoms with E-state index in [1.807, 2.05) is 54.9 Å². The third-order valence-electron chi connectivity index (χ3n) is 6.84. The van der Waals surface area contributed by atoms with Crippen LogP contribution in [0.3, 0.4) is 0 Å². The van der Waals surface area contributed by atoms with Gasteiger partial charge in [-0.25, -0.2) is 9.97 Å². The quantitative estimate of drug-likeness (QED) is 0.401. The predicted molar refractivity (Wildman–Crippen MR) is 139 cm³/mol. The number of anilines is 1. The summed E-state index contributed by atoms with van der Waals surface area (Å²) in [4.78, 5) is 24.6. The van der Waals surface area contributed by atoms with Crippen LogP contribution in [-0.2, 0) is 0 Å². The Morgan fingerprint density at radius 2 is 1.74 bits per heavy atom. The number of aromatic nitrogens is 3. The van der Waals surface area contributed by atoms with Crippen LogP contribution in [0.2, 0.25) is 0 Å². The lowest BCUT2D eigenvalue weighted by Gasteiger charge is -2.16. The smallest absolute Gasteiger partial charge is 0.251 e. The van der Waals surface area contributed by atoms with Crippen LogP contribution in [0.4, 0.5) is 5.82 Å². The van der Waals surface area contributed by atoms with E-state index in [9.17, 15) is 4.79 Å². The predicted octanol–water partition coefficient (Wildman–Crippen LogP) is 4.46. The number of imidazole rings is 1. The average Bonchev–Trinajstić information content (AvgIpc) is 3.37. The average molecular weight is 467 g/mol. The van der Waals surface area contributed by atoms with Crippen molar-refractivity contribution >= 4 is 17.4 Å². The summed E-state index contributed by atoms with van der Waals surface area (Å²) < 4.78 is 2.10. The van der Waals surface area contributed by atoms with E-state index < -0.39 is 0 Å². The molecule has 3 heterocycles. The van der Waals surface area contributed by atoms with Crippen LogP contribution in [0.5, 0.6) is 0 Å². The molecular formula is C28H30N6O. The number of benzene rings is 2. The molecule has 2 N–H and O–H groups in total. The highest BCUT2D eigenvalue weighted by Gasteiger charge is 2.24. The van der Waals surface area contributed by atoms with Crippen LogP contribution in [0.15, 0.2) is 67.0 Å². The molecule has 1 saturated heterocycles. The number of carbonyl (C=O) groups is 1. The lowest BCUT2D eigenvalue weighted by molar-refractivity contribution is 0.0951. The molecule has 6 rings (SSSR count). The molecule has 2 aromatic carbocycles. The summed E-state index contributed by atoms with van der Waals surface area (Å²) in [6, 6.07) is 18.3. The van der Waals surface area contributed by atoms with Crippen LogP contribution in [-0.4, -0.2) is 57.4 Å². The van der Waals surface area contributed by atoms with Gasteiger partial charge in [0.1, 0.15) is 0 Å². The van der Waals surface area contributed by atoms with Crippen LogP contribution >= 0.6 is 0 Å². The molecule has 7 nitrogen and oxygen atoms in total. The highest BCUT2D eigenvalue weighted by Crippen LogP contribution is 2.28. The summed E-state index contributed by atoms with van der Waals surface area (Å²) >= 11 is 0. The Labute approximate surface area is 205 Å². The molecule has 1 aliphatic carbocycles. The standard InChI is InChI=1S/C28H30N6O/c35-28(31-23-12-13-23)22-10-8-21(9-11-22)25-18-30-27-26(29-14-17-33-15-4-5-16-33)32-24(19-34(25)27)20-6-2-1-3-7-20/h1-3,6-11,18-19,23H,4-5,12-17H2,(H,29,32)(H,31,35). The number of likely N-dealkylation sites (tertiary alicyclic amines) is 1. The van der Waals surface area contributed by atoms with E-state index in [1.165, 1.54) is 25.9 Å². The minimum atomic E-state index is -0.00255. The number of fused-ring (bicyclic) bond motifs is 1. The fraction of sp³-hybridized carbons (Fsp3) is 0.321. The molecule has 2 aliphatic rings. The van der Waals surface area contributed by atoms with Gasteiger partial charge in [0.25, 0.3) is 5.91 Å². The number of nitrogens with zero attached hydrogens (tertiary/aromatic N) is 4. The Hall–Kier alpha value is -3.71. The minimum absolute atomic E-state index is 0.00255. The molecule has 35 heavy (non-hydrogen) atoms. The van der Waals surface area contributed by atoms with E-state index in [2.05, 4.69) is 32.1 Å². The Balaban J connectivity index is 1.32. The van der Waals surface area contributed by atoms with Gasteiger partial charge in [-0.1, -0.05) is 42.5 Å². The van der Waals surface area contributed by atoms with Gasteiger partial charge in [0, 0.05) is 42.0 Å². The molecule has 0 atom stereocenters. The number of nitrogens with one attached hydrogen (secondary N) is 2. The van der Waals surface area contributed by atoms with Crippen molar-refractivity contribution in [1.29, 1.82) is 0 Å². The first-order valence-corrected chi connectivity index (χ1v) is 12.6. The highest BCUT2D eigenvalue weighted by molar-refractivity contribution is 5.95. The van der Waals surface area contributed by atoms with Crippen molar-refractivity contribution in [3.8, 4) is 22.5 Å². The van der Waals surface area contributed by atoms with Gasteiger partial charge < -0.3 is 15.5 Å². The third-order valence-corrected chi connectivity index (χ3v) is 6.84. The van der Waals surface area contributed by atoms with Crippen molar-refractivity contribution in [2.75, 3.05) is 31.5 Å². The summed E-state index contributed by atoms with van der Waals surface area (Å²) in [7, 11) is 0. The molecule has 1 saturated carbocycles. The Bertz CT molecular complexity index is 1320. The zero-order chi connectivity index (χ0) is 23.6. The molecule has 2 aromatic heterocycles. The van der Waals surface area contributed by atoms with Gasteiger partial charge in [-0.05, 0) is 50.9 Å². The van der Waals surface area contributed by atoms with Crippen LogP contribution in [0.1, 0.15) is 36.0 Å². The second kappa shape index (κ2) is 9.50. The Morgan fingerprint density at radius 3 is 2.49 bits per heavy atom. The van der Waals surface area contributed by atoms with Gasteiger partial charge in [-0.15, -0.1) is 0 Å². The van der Waals surface area contributed by atoms with Gasteiger partial charge >= 0.3 is 0 Å². The Morgan fingerprint density at radius 1 is 0.971 bits per heavy atom. The maximum atomic E-state index is 12.4. The molecule has 0 spiro atoms. The van der Waals surface area contributed by atoms with Gasteiger partial charge in [0.15, 0.2) is 11.5 Å². The molecule has 0 bridgehead atoms. The van der Waals surface area contributed by atoms with Gasteiger partial charge in [0.2, 0.25) is 0 Å². The first kappa shape index (κ1) is 21.8. The molecule has 7 heteroatoms. The number of carbonyl (C=O) groups excluding carboxylic acids is 1. The van der Waals surface area contributed by atoms with E-state index in [-0.39, 0.29) is 5.91 Å². The second-order valence-electron chi connectivity index (χ2n) is 9.48. The fourth-order valence-corrected chi connectivity index (χ4v) is 4.70. The van der Waals surface area contributed by atoms with E-state index in [0.29, 0.717) is 11.6 Å². The Kier molecular flexibility index (Phi) is 5.92. The normalized spacial score (nSPS) is 16.0. The summed E-state index contributed by atoms with van der Waals surface area (Å²) in [5, 5.41) is 6.60. The monoisotopic (exact) mass is 466 g/mol. The molecule has 1 aliphatic heterocycles. The van der Waals surface area contributed by atoms with Crippen molar-refractivity contribution in [2.24, 2.45) is 0 Å². The molecule has 0 radical (unpaired) electrons. The van der Waals surface area contributed by atoms with E-state index >= 15 is 0 Å². The zero-order valence-corrected chi connectivity index (χ0v) is 19.8. The number of hydrogen-bond donors (Lipinski definition) is 2. The fourth-order valence-electron chi connectivity index (χ4n) is 4.70. The summed E-state index contributed by atoms with van der Waals surface area (Å²) in [6.45, 7) is 4.18. The maximum Gasteiger partial charge on any atom is 0.251 e. The van der Waals surface area contributed by atoms with Crippen LogP contribution in [0, 0.1) is 0 Å². The van der Waals surface area contributed by atoms with Crippen molar-refractivity contribution < 1.29 is 4.79 Å². The SMILES string of the molecule is O=C(NC1CC1)c1ccc(-c2cnc3c(NCCN4CCCC4)nc(-c4ccccc4)cn23)cc1. The van der Waals surface area contributed by atoms with Crippen molar-refractivity contribution in [1.82, 2.24) is 24.6 Å². The lowest BCUT2D eigenvalue weighted by Crippen LogP contribution is -2.26.